The van der Waals surface area contributed by atoms with Crippen LogP contribution in [0.25, 0.3) is 11.0 Å². The van der Waals surface area contributed by atoms with Crippen molar-refractivity contribution in [3.63, 3.8) is 0 Å². The molecule has 3 aromatic rings. The maximum atomic E-state index is 12.3. The van der Waals surface area contributed by atoms with Gasteiger partial charge in [-0.2, -0.15) is 0 Å². The van der Waals surface area contributed by atoms with Crippen LogP contribution in [0.5, 0.6) is 0 Å². The second-order valence-corrected chi connectivity index (χ2v) is 8.23. The van der Waals surface area contributed by atoms with Crippen molar-refractivity contribution in [2.45, 2.75) is 31.0 Å². The van der Waals surface area contributed by atoms with Gasteiger partial charge in [-0.05, 0) is 43.2 Å². The van der Waals surface area contributed by atoms with Crippen LogP contribution in [0.1, 0.15) is 23.2 Å². The maximum absolute atomic E-state index is 12.3. The Morgan fingerprint density at radius 1 is 1.27 bits per heavy atom. The van der Waals surface area contributed by atoms with Crippen molar-refractivity contribution >= 4 is 32.4 Å². The monoisotopic (exact) mass is 335 g/mol. The molecule has 0 aliphatic carbocycles. The summed E-state index contributed by atoms with van der Waals surface area (Å²) in [7, 11) is -3.45. The van der Waals surface area contributed by atoms with E-state index in [2.05, 4.69) is 14.7 Å². The average Bonchev–Trinajstić information content (AvgIpc) is 3.10. The maximum Gasteiger partial charge on any atom is 0.250 e. The number of aryl methyl sites for hydroxylation is 2. The van der Waals surface area contributed by atoms with E-state index < -0.39 is 10.0 Å². The molecule has 0 unspecified atom stereocenters. The summed E-state index contributed by atoms with van der Waals surface area (Å²) in [6, 6.07) is 9.22. The van der Waals surface area contributed by atoms with Crippen molar-refractivity contribution in [2.24, 2.45) is 0 Å². The van der Waals surface area contributed by atoms with Gasteiger partial charge in [0, 0.05) is 11.4 Å². The zero-order chi connectivity index (χ0) is 15.7. The fourth-order valence-corrected chi connectivity index (χ4v) is 4.59. The highest BCUT2D eigenvalue weighted by molar-refractivity contribution is 7.91. The lowest BCUT2D eigenvalue weighted by atomic mass is 10.2. The quantitative estimate of drug-likeness (QED) is 0.753. The third kappa shape index (κ3) is 3.06. The second-order valence-electron chi connectivity index (χ2n) is 5.07. The molecule has 0 saturated carbocycles. The molecule has 0 aliphatic rings. The van der Waals surface area contributed by atoms with Crippen molar-refractivity contribution < 1.29 is 8.42 Å². The Hall–Kier alpha value is -1.70. The van der Waals surface area contributed by atoms with Gasteiger partial charge >= 0.3 is 0 Å². The van der Waals surface area contributed by atoms with Crippen molar-refractivity contribution in [1.82, 2.24) is 14.7 Å². The molecule has 0 fully saturated rings. The van der Waals surface area contributed by atoms with Gasteiger partial charge in [0.05, 0.1) is 11.0 Å². The van der Waals surface area contributed by atoms with Gasteiger partial charge in [0.25, 0.3) is 0 Å². The number of H-pyrrole nitrogens is 1. The Bertz CT molecular complexity index is 910. The molecule has 0 radical (unpaired) electrons. The summed E-state index contributed by atoms with van der Waals surface area (Å²) < 4.78 is 27.6. The molecule has 5 nitrogen and oxygen atoms in total. The summed E-state index contributed by atoms with van der Waals surface area (Å²) in [5.74, 6) is 0.846. The fraction of sp³-hybridized carbons (Fsp3) is 0.267. The minimum Gasteiger partial charge on any atom is -0.342 e. The standard InChI is InChI=1S/C15H17N3O2S2/c1-3-12-5-7-15(21-12)22(19,20)16-9-11-4-6-13-14(8-11)18-10(2)17-13/h4-8,16H,3,9H2,1-2H3,(H,17,18). The van der Waals surface area contributed by atoms with Crippen LogP contribution in [0.4, 0.5) is 0 Å². The van der Waals surface area contributed by atoms with Crippen molar-refractivity contribution in [1.29, 1.82) is 0 Å². The minimum absolute atomic E-state index is 0.260. The molecule has 0 spiro atoms. The first-order chi connectivity index (χ1) is 10.5. The van der Waals surface area contributed by atoms with Gasteiger partial charge in [-0.25, -0.2) is 18.1 Å². The first-order valence-electron chi connectivity index (χ1n) is 7.01. The molecule has 0 atom stereocenters. The zero-order valence-electron chi connectivity index (χ0n) is 12.4. The number of rotatable bonds is 5. The van der Waals surface area contributed by atoms with Gasteiger partial charge in [-0.1, -0.05) is 13.0 Å². The van der Waals surface area contributed by atoms with Crippen LogP contribution < -0.4 is 4.72 Å². The number of imidazole rings is 1. The zero-order valence-corrected chi connectivity index (χ0v) is 14.0. The van der Waals surface area contributed by atoms with Crippen LogP contribution in [0.2, 0.25) is 0 Å². The molecular formula is C15H17N3O2S2. The van der Waals surface area contributed by atoms with Gasteiger partial charge < -0.3 is 4.98 Å². The van der Waals surface area contributed by atoms with E-state index in [4.69, 9.17) is 0 Å². The van der Waals surface area contributed by atoms with Crippen LogP contribution in [0.3, 0.4) is 0 Å². The summed E-state index contributed by atoms with van der Waals surface area (Å²) in [4.78, 5) is 8.55. The van der Waals surface area contributed by atoms with Gasteiger partial charge in [0.1, 0.15) is 10.0 Å². The number of benzene rings is 1. The molecule has 22 heavy (non-hydrogen) atoms. The number of thiophene rings is 1. The Morgan fingerprint density at radius 2 is 2.09 bits per heavy atom. The number of fused-ring (bicyclic) bond motifs is 1. The van der Waals surface area contributed by atoms with E-state index in [1.54, 1.807) is 6.07 Å². The number of sulfonamides is 1. The van der Waals surface area contributed by atoms with Crippen LogP contribution in [-0.4, -0.2) is 18.4 Å². The average molecular weight is 335 g/mol. The van der Waals surface area contributed by atoms with Crippen LogP contribution in [-0.2, 0) is 23.0 Å². The number of nitrogens with zero attached hydrogens (tertiary/aromatic N) is 1. The van der Waals surface area contributed by atoms with Crippen molar-refractivity contribution in [3.8, 4) is 0 Å². The van der Waals surface area contributed by atoms with E-state index in [9.17, 15) is 8.42 Å². The Labute approximate surface area is 133 Å². The molecule has 0 amide bonds. The molecule has 3 rings (SSSR count). The molecule has 2 aromatic heterocycles. The third-order valence-electron chi connectivity index (χ3n) is 3.38. The summed E-state index contributed by atoms with van der Waals surface area (Å²) in [5, 5.41) is 0. The summed E-state index contributed by atoms with van der Waals surface area (Å²) in [6.45, 7) is 4.16. The van der Waals surface area contributed by atoms with E-state index in [0.29, 0.717) is 4.21 Å². The first-order valence-corrected chi connectivity index (χ1v) is 9.31. The normalized spacial score (nSPS) is 12.1. The predicted molar refractivity (Wildman–Crippen MR) is 88.6 cm³/mol. The molecular weight excluding hydrogens is 318 g/mol. The molecule has 2 N–H and O–H groups in total. The largest absolute Gasteiger partial charge is 0.342 e. The van der Waals surface area contributed by atoms with Crippen LogP contribution in [0, 0.1) is 6.92 Å². The lowest BCUT2D eigenvalue weighted by Gasteiger charge is -2.05. The van der Waals surface area contributed by atoms with Crippen molar-refractivity contribution in [2.75, 3.05) is 0 Å². The number of aromatic nitrogens is 2. The van der Waals surface area contributed by atoms with Gasteiger partial charge in [-0.15, -0.1) is 11.3 Å². The molecule has 0 bridgehead atoms. The lowest BCUT2D eigenvalue weighted by molar-refractivity contribution is 0.583. The summed E-state index contributed by atoms with van der Waals surface area (Å²) in [6.07, 6.45) is 0.843. The highest BCUT2D eigenvalue weighted by Crippen LogP contribution is 2.22. The fourth-order valence-electron chi connectivity index (χ4n) is 2.24. The van der Waals surface area contributed by atoms with Gasteiger partial charge in [-0.3, -0.25) is 0 Å². The second kappa shape index (κ2) is 5.83. The molecule has 2 heterocycles. The topological polar surface area (TPSA) is 74.8 Å². The highest BCUT2D eigenvalue weighted by Gasteiger charge is 2.16. The Kier molecular flexibility index (Phi) is 4.03. The third-order valence-corrected chi connectivity index (χ3v) is 6.50. The molecule has 0 saturated heterocycles. The van der Waals surface area contributed by atoms with E-state index in [1.165, 1.54) is 11.3 Å². The highest BCUT2D eigenvalue weighted by atomic mass is 32.2. The number of hydrogen-bond acceptors (Lipinski definition) is 4. The van der Waals surface area contributed by atoms with E-state index in [-0.39, 0.29) is 6.54 Å². The number of aromatic amines is 1. The summed E-state index contributed by atoms with van der Waals surface area (Å²) >= 11 is 1.31. The van der Waals surface area contributed by atoms with E-state index in [0.717, 1.165) is 33.7 Å². The number of hydrogen-bond donors (Lipinski definition) is 2. The smallest absolute Gasteiger partial charge is 0.250 e. The summed E-state index contributed by atoms with van der Waals surface area (Å²) in [5.41, 5.74) is 2.69. The first kappa shape index (κ1) is 15.2. The Balaban J connectivity index is 1.77. The minimum atomic E-state index is -3.45. The van der Waals surface area contributed by atoms with Crippen LogP contribution >= 0.6 is 11.3 Å². The van der Waals surface area contributed by atoms with Gasteiger partial charge in [0.2, 0.25) is 10.0 Å². The van der Waals surface area contributed by atoms with Crippen molar-refractivity contribution in [3.05, 3.63) is 46.6 Å². The SMILES string of the molecule is CCc1ccc(S(=O)(=O)NCc2ccc3nc(C)[nH]c3c2)s1. The van der Waals surface area contributed by atoms with Gasteiger partial charge in [0.15, 0.2) is 0 Å². The predicted octanol–water partition coefficient (Wildman–Crippen LogP) is 2.97. The van der Waals surface area contributed by atoms with E-state index >= 15 is 0 Å². The molecule has 7 heteroatoms. The Morgan fingerprint density at radius 3 is 2.82 bits per heavy atom. The molecule has 1 aromatic carbocycles. The molecule has 0 aliphatic heterocycles. The van der Waals surface area contributed by atoms with E-state index in [1.807, 2.05) is 38.1 Å². The van der Waals surface area contributed by atoms with Crippen LogP contribution in [0.15, 0.2) is 34.5 Å². The molecule has 116 valence electrons. The number of nitrogens with one attached hydrogen (secondary N) is 2. The lowest BCUT2D eigenvalue weighted by Crippen LogP contribution is -2.22.